The fraction of sp³-hybridized carbons (Fsp3) is 0.308. The Kier molecular flexibility index (Phi) is 3.06. The number of para-hydroxylation sites is 2. The highest BCUT2D eigenvalue weighted by Gasteiger charge is 2.15. The lowest BCUT2D eigenvalue weighted by Crippen LogP contribution is -2.07. The van der Waals surface area contributed by atoms with Gasteiger partial charge in [0.15, 0.2) is 0 Å². The summed E-state index contributed by atoms with van der Waals surface area (Å²) in [6.45, 7) is 6.36. The van der Waals surface area contributed by atoms with Crippen molar-refractivity contribution in [3.05, 3.63) is 42.7 Å². The molecule has 0 aliphatic heterocycles. The van der Waals surface area contributed by atoms with Gasteiger partial charge in [-0.1, -0.05) is 25.1 Å². The molecule has 16 heavy (non-hydrogen) atoms. The SMILES string of the molecule is C=CCn1c([C@H](O)CC)nc2ccccc21. The van der Waals surface area contributed by atoms with Crippen LogP contribution in [0.4, 0.5) is 0 Å². The number of hydrogen-bond acceptors (Lipinski definition) is 2. The fourth-order valence-electron chi connectivity index (χ4n) is 1.85. The predicted molar refractivity (Wildman–Crippen MR) is 65.2 cm³/mol. The summed E-state index contributed by atoms with van der Waals surface area (Å²) in [6.07, 6.45) is 1.98. The maximum absolute atomic E-state index is 9.92. The maximum atomic E-state index is 9.92. The average molecular weight is 216 g/mol. The summed E-state index contributed by atoms with van der Waals surface area (Å²) in [7, 11) is 0. The Labute approximate surface area is 95.0 Å². The molecule has 3 heteroatoms. The molecule has 0 aliphatic carbocycles. The Morgan fingerprint density at radius 2 is 2.25 bits per heavy atom. The monoisotopic (exact) mass is 216 g/mol. The Morgan fingerprint density at radius 1 is 1.50 bits per heavy atom. The minimum Gasteiger partial charge on any atom is -0.385 e. The lowest BCUT2D eigenvalue weighted by atomic mass is 10.2. The number of aliphatic hydroxyl groups excluding tert-OH is 1. The van der Waals surface area contributed by atoms with Gasteiger partial charge in [-0.05, 0) is 18.6 Å². The van der Waals surface area contributed by atoms with E-state index in [0.717, 1.165) is 16.9 Å². The molecule has 1 atom stereocenters. The van der Waals surface area contributed by atoms with Crippen LogP contribution in [0.2, 0.25) is 0 Å². The third kappa shape index (κ3) is 1.74. The van der Waals surface area contributed by atoms with E-state index in [-0.39, 0.29) is 0 Å². The number of aromatic nitrogens is 2. The van der Waals surface area contributed by atoms with Crippen LogP contribution < -0.4 is 0 Å². The number of allylic oxidation sites excluding steroid dienone is 1. The van der Waals surface area contributed by atoms with Gasteiger partial charge in [0.25, 0.3) is 0 Å². The van der Waals surface area contributed by atoms with E-state index in [1.54, 1.807) is 0 Å². The molecule has 0 spiro atoms. The number of nitrogens with zero attached hydrogens (tertiary/aromatic N) is 2. The molecule has 0 unspecified atom stereocenters. The summed E-state index contributed by atoms with van der Waals surface area (Å²) in [5.74, 6) is 0.726. The summed E-state index contributed by atoms with van der Waals surface area (Å²) in [5, 5.41) is 9.92. The first-order valence-electron chi connectivity index (χ1n) is 5.52. The molecule has 84 valence electrons. The normalized spacial score (nSPS) is 12.9. The fourth-order valence-corrected chi connectivity index (χ4v) is 1.85. The molecule has 0 bridgehead atoms. The number of aliphatic hydroxyl groups is 1. The molecule has 1 aromatic carbocycles. The van der Waals surface area contributed by atoms with Crippen molar-refractivity contribution in [1.82, 2.24) is 9.55 Å². The van der Waals surface area contributed by atoms with Gasteiger partial charge < -0.3 is 9.67 Å². The van der Waals surface area contributed by atoms with Crippen LogP contribution in [0.5, 0.6) is 0 Å². The van der Waals surface area contributed by atoms with E-state index in [0.29, 0.717) is 13.0 Å². The van der Waals surface area contributed by atoms with Gasteiger partial charge in [0.1, 0.15) is 11.9 Å². The molecule has 0 saturated heterocycles. The first kappa shape index (κ1) is 10.9. The van der Waals surface area contributed by atoms with Gasteiger partial charge in [0, 0.05) is 6.54 Å². The van der Waals surface area contributed by atoms with Crippen molar-refractivity contribution < 1.29 is 5.11 Å². The summed E-state index contributed by atoms with van der Waals surface area (Å²) in [4.78, 5) is 4.47. The predicted octanol–water partition coefficient (Wildman–Crippen LogP) is 2.67. The number of rotatable bonds is 4. The quantitative estimate of drug-likeness (QED) is 0.798. The number of fused-ring (bicyclic) bond motifs is 1. The van der Waals surface area contributed by atoms with Crippen LogP contribution in [0.15, 0.2) is 36.9 Å². The Morgan fingerprint density at radius 3 is 2.94 bits per heavy atom. The summed E-state index contributed by atoms with van der Waals surface area (Å²) < 4.78 is 2.01. The van der Waals surface area contributed by atoms with Crippen molar-refractivity contribution in [2.75, 3.05) is 0 Å². The van der Waals surface area contributed by atoms with Crippen LogP contribution in [-0.2, 0) is 6.54 Å². The molecule has 0 amide bonds. The molecule has 1 N–H and O–H groups in total. The molecule has 1 heterocycles. The van der Waals surface area contributed by atoms with Crippen LogP contribution in [0.25, 0.3) is 11.0 Å². The zero-order valence-electron chi connectivity index (χ0n) is 9.43. The van der Waals surface area contributed by atoms with Crippen LogP contribution in [-0.4, -0.2) is 14.7 Å². The van der Waals surface area contributed by atoms with Gasteiger partial charge in [0.05, 0.1) is 11.0 Å². The minimum atomic E-state index is -0.507. The van der Waals surface area contributed by atoms with Gasteiger partial charge in [-0.3, -0.25) is 0 Å². The first-order chi connectivity index (χ1) is 7.77. The minimum absolute atomic E-state index is 0.507. The second kappa shape index (κ2) is 4.49. The highest BCUT2D eigenvalue weighted by molar-refractivity contribution is 5.76. The summed E-state index contributed by atoms with van der Waals surface area (Å²) in [5.41, 5.74) is 1.97. The zero-order valence-corrected chi connectivity index (χ0v) is 9.43. The van der Waals surface area contributed by atoms with Gasteiger partial charge in [-0.15, -0.1) is 6.58 Å². The molecule has 2 aromatic rings. The maximum Gasteiger partial charge on any atom is 0.139 e. The van der Waals surface area contributed by atoms with E-state index in [1.807, 2.05) is 41.8 Å². The molecular formula is C13H16N2O. The molecule has 2 rings (SSSR count). The second-order valence-corrected chi connectivity index (χ2v) is 3.78. The van der Waals surface area contributed by atoms with E-state index in [9.17, 15) is 5.11 Å². The molecule has 0 radical (unpaired) electrons. The average Bonchev–Trinajstić information content (AvgIpc) is 2.68. The van der Waals surface area contributed by atoms with E-state index in [2.05, 4.69) is 11.6 Å². The van der Waals surface area contributed by atoms with E-state index in [4.69, 9.17) is 0 Å². The van der Waals surface area contributed by atoms with E-state index >= 15 is 0 Å². The highest BCUT2D eigenvalue weighted by atomic mass is 16.3. The molecule has 1 aromatic heterocycles. The van der Waals surface area contributed by atoms with Gasteiger partial charge >= 0.3 is 0 Å². The van der Waals surface area contributed by atoms with E-state index < -0.39 is 6.10 Å². The van der Waals surface area contributed by atoms with Crippen molar-refractivity contribution in [3.63, 3.8) is 0 Å². The first-order valence-corrected chi connectivity index (χ1v) is 5.52. The Hall–Kier alpha value is -1.61. The number of hydrogen-bond donors (Lipinski definition) is 1. The van der Waals surface area contributed by atoms with Crippen molar-refractivity contribution in [2.24, 2.45) is 0 Å². The molecule has 0 aliphatic rings. The van der Waals surface area contributed by atoms with Crippen molar-refractivity contribution in [3.8, 4) is 0 Å². The molecule has 0 fully saturated rings. The van der Waals surface area contributed by atoms with Crippen LogP contribution in [0.3, 0.4) is 0 Å². The van der Waals surface area contributed by atoms with Crippen molar-refractivity contribution in [1.29, 1.82) is 0 Å². The third-order valence-corrected chi connectivity index (χ3v) is 2.68. The standard InChI is InChI=1S/C13H16N2O/c1-3-9-15-11-8-6-5-7-10(11)14-13(15)12(16)4-2/h3,5-8,12,16H,1,4,9H2,2H3/t12-/m1/s1. The second-order valence-electron chi connectivity index (χ2n) is 3.78. The van der Waals surface area contributed by atoms with Gasteiger partial charge in [0.2, 0.25) is 0 Å². The lowest BCUT2D eigenvalue weighted by Gasteiger charge is -2.10. The highest BCUT2D eigenvalue weighted by Crippen LogP contribution is 2.22. The summed E-state index contributed by atoms with van der Waals surface area (Å²) in [6, 6.07) is 7.90. The summed E-state index contributed by atoms with van der Waals surface area (Å²) >= 11 is 0. The number of imidazole rings is 1. The Balaban J connectivity index is 2.62. The van der Waals surface area contributed by atoms with E-state index in [1.165, 1.54) is 0 Å². The van der Waals surface area contributed by atoms with Crippen molar-refractivity contribution in [2.45, 2.75) is 26.0 Å². The third-order valence-electron chi connectivity index (χ3n) is 2.68. The van der Waals surface area contributed by atoms with Crippen molar-refractivity contribution >= 4 is 11.0 Å². The Bertz CT molecular complexity index is 502. The van der Waals surface area contributed by atoms with Crippen LogP contribution in [0.1, 0.15) is 25.3 Å². The van der Waals surface area contributed by atoms with Crippen LogP contribution in [0, 0.1) is 0 Å². The molecule has 3 nitrogen and oxygen atoms in total. The lowest BCUT2D eigenvalue weighted by molar-refractivity contribution is 0.160. The zero-order chi connectivity index (χ0) is 11.5. The topological polar surface area (TPSA) is 38.0 Å². The van der Waals surface area contributed by atoms with Gasteiger partial charge in [-0.2, -0.15) is 0 Å². The number of benzene rings is 1. The smallest absolute Gasteiger partial charge is 0.139 e. The largest absolute Gasteiger partial charge is 0.385 e. The molecular weight excluding hydrogens is 200 g/mol. The molecule has 0 saturated carbocycles. The van der Waals surface area contributed by atoms with Crippen LogP contribution >= 0.6 is 0 Å². The van der Waals surface area contributed by atoms with Gasteiger partial charge in [-0.25, -0.2) is 4.98 Å².